The molecule has 16 heavy (non-hydrogen) atoms. The molecule has 1 aliphatic rings. The van der Waals surface area contributed by atoms with E-state index in [0.717, 1.165) is 30.4 Å². The van der Waals surface area contributed by atoms with Gasteiger partial charge in [-0.2, -0.15) is 0 Å². The molecule has 0 aromatic heterocycles. The van der Waals surface area contributed by atoms with Crippen molar-refractivity contribution >= 4 is 17.9 Å². The number of benzene rings is 1. The molecule has 4 nitrogen and oxygen atoms in total. The van der Waals surface area contributed by atoms with Crippen molar-refractivity contribution in [2.24, 2.45) is 0 Å². The molecular weight excluding hydrogens is 206 g/mol. The maximum absolute atomic E-state index is 11.1. The lowest BCUT2D eigenvalue weighted by molar-refractivity contribution is -0.114. The number of phenols is 1. The van der Waals surface area contributed by atoms with E-state index in [1.54, 1.807) is 6.07 Å². The van der Waals surface area contributed by atoms with Crippen molar-refractivity contribution in [3.05, 3.63) is 22.8 Å². The maximum atomic E-state index is 11.1. The molecule has 0 bridgehead atoms. The second-order valence-electron chi connectivity index (χ2n) is 3.98. The van der Waals surface area contributed by atoms with Crippen LogP contribution in [0.1, 0.15) is 34.8 Å². The van der Waals surface area contributed by atoms with E-state index in [1.165, 1.54) is 6.92 Å². The van der Waals surface area contributed by atoms with E-state index in [-0.39, 0.29) is 17.2 Å². The van der Waals surface area contributed by atoms with Gasteiger partial charge < -0.3 is 10.4 Å². The highest BCUT2D eigenvalue weighted by Crippen LogP contribution is 2.38. The minimum absolute atomic E-state index is 0.120. The molecule has 0 saturated carbocycles. The first-order valence-electron chi connectivity index (χ1n) is 5.24. The van der Waals surface area contributed by atoms with Gasteiger partial charge >= 0.3 is 0 Å². The number of carbonyl (C=O) groups excluding carboxylic acids is 2. The SMILES string of the molecule is CC(=O)Nc1c(O)c(C=O)cc2c1CCC2. The van der Waals surface area contributed by atoms with Crippen LogP contribution in [0.15, 0.2) is 6.07 Å². The summed E-state index contributed by atoms with van der Waals surface area (Å²) in [6, 6.07) is 1.70. The molecule has 0 atom stereocenters. The predicted octanol–water partition coefficient (Wildman–Crippen LogP) is 1.65. The summed E-state index contributed by atoms with van der Waals surface area (Å²) in [6.45, 7) is 1.38. The molecule has 0 unspecified atom stereocenters. The Bertz CT molecular complexity index is 466. The third-order valence-electron chi connectivity index (χ3n) is 2.83. The van der Waals surface area contributed by atoms with Crippen molar-refractivity contribution in [2.75, 3.05) is 5.32 Å². The summed E-state index contributed by atoms with van der Waals surface area (Å²) >= 11 is 0. The quantitative estimate of drug-likeness (QED) is 0.587. The van der Waals surface area contributed by atoms with Crippen molar-refractivity contribution in [3.8, 4) is 5.75 Å². The molecule has 84 valence electrons. The van der Waals surface area contributed by atoms with Crippen LogP contribution in [-0.4, -0.2) is 17.3 Å². The maximum Gasteiger partial charge on any atom is 0.221 e. The zero-order chi connectivity index (χ0) is 11.7. The van der Waals surface area contributed by atoms with Crippen molar-refractivity contribution in [2.45, 2.75) is 26.2 Å². The zero-order valence-corrected chi connectivity index (χ0v) is 9.04. The number of aromatic hydroxyl groups is 1. The molecule has 1 aromatic carbocycles. The smallest absolute Gasteiger partial charge is 0.221 e. The number of phenolic OH excluding ortho intramolecular Hbond substituents is 1. The number of nitrogens with one attached hydrogen (secondary N) is 1. The van der Waals surface area contributed by atoms with E-state index in [9.17, 15) is 14.7 Å². The molecule has 1 aromatic rings. The monoisotopic (exact) mass is 219 g/mol. The van der Waals surface area contributed by atoms with Crippen LogP contribution in [-0.2, 0) is 17.6 Å². The lowest BCUT2D eigenvalue weighted by atomic mass is 10.0. The number of carbonyl (C=O) groups is 2. The van der Waals surface area contributed by atoms with Gasteiger partial charge in [0, 0.05) is 6.92 Å². The molecule has 4 heteroatoms. The van der Waals surface area contributed by atoms with Gasteiger partial charge in [-0.25, -0.2) is 0 Å². The average molecular weight is 219 g/mol. The normalized spacial score (nSPS) is 13.3. The molecule has 0 aliphatic heterocycles. The van der Waals surface area contributed by atoms with Crippen LogP contribution < -0.4 is 5.32 Å². The van der Waals surface area contributed by atoms with E-state index < -0.39 is 0 Å². The van der Waals surface area contributed by atoms with Gasteiger partial charge in [-0.15, -0.1) is 0 Å². The van der Waals surface area contributed by atoms with Gasteiger partial charge in [0.25, 0.3) is 0 Å². The third kappa shape index (κ3) is 1.66. The Labute approximate surface area is 93.3 Å². The number of anilines is 1. The molecule has 1 aliphatic carbocycles. The van der Waals surface area contributed by atoms with Crippen LogP contribution in [0.4, 0.5) is 5.69 Å². The summed E-state index contributed by atoms with van der Waals surface area (Å²) in [6.07, 6.45) is 3.32. The van der Waals surface area contributed by atoms with E-state index in [4.69, 9.17) is 0 Å². The Hall–Kier alpha value is -1.84. The van der Waals surface area contributed by atoms with Gasteiger partial charge in [-0.05, 0) is 36.5 Å². The van der Waals surface area contributed by atoms with Gasteiger partial charge in [0.2, 0.25) is 5.91 Å². The number of rotatable bonds is 2. The van der Waals surface area contributed by atoms with E-state index in [0.29, 0.717) is 12.0 Å². The molecular formula is C12H13NO3. The highest BCUT2D eigenvalue weighted by Gasteiger charge is 2.21. The Morgan fingerprint density at radius 3 is 2.88 bits per heavy atom. The molecule has 2 N–H and O–H groups in total. The van der Waals surface area contributed by atoms with E-state index >= 15 is 0 Å². The number of fused-ring (bicyclic) bond motifs is 1. The summed E-state index contributed by atoms with van der Waals surface area (Å²) in [5.41, 5.74) is 2.65. The summed E-state index contributed by atoms with van der Waals surface area (Å²) in [5, 5.41) is 12.5. The van der Waals surface area contributed by atoms with Crippen molar-refractivity contribution in [1.29, 1.82) is 0 Å². The zero-order valence-electron chi connectivity index (χ0n) is 9.04. The predicted molar refractivity (Wildman–Crippen MR) is 59.8 cm³/mol. The summed E-state index contributed by atoms with van der Waals surface area (Å²) in [4.78, 5) is 21.8. The fourth-order valence-electron chi connectivity index (χ4n) is 2.16. The Kier molecular flexibility index (Phi) is 2.64. The number of hydrogen-bond donors (Lipinski definition) is 2. The first kappa shape index (κ1) is 10.7. The molecule has 0 radical (unpaired) electrons. The summed E-state index contributed by atoms with van der Waals surface area (Å²) < 4.78 is 0. The highest BCUT2D eigenvalue weighted by atomic mass is 16.3. The second kappa shape index (κ2) is 3.96. The topological polar surface area (TPSA) is 66.4 Å². The molecule has 0 spiro atoms. The van der Waals surface area contributed by atoms with Crippen LogP contribution in [0.5, 0.6) is 5.75 Å². The van der Waals surface area contributed by atoms with Crippen LogP contribution >= 0.6 is 0 Å². The minimum atomic E-state index is -0.243. The third-order valence-corrected chi connectivity index (χ3v) is 2.83. The van der Waals surface area contributed by atoms with E-state index in [1.807, 2.05) is 0 Å². The fraction of sp³-hybridized carbons (Fsp3) is 0.333. The summed E-state index contributed by atoms with van der Waals surface area (Å²) in [5.74, 6) is -0.363. The molecule has 2 rings (SSSR count). The van der Waals surface area contributed by atoms with Crippen molar-refractivity contribution in [1.82, 2.24) is 0 Å². The first-order valence-corrected chi connectivity index (χ1v) is 5.24. The lowest BCUT2D eigenvalue weighted by Gasteiger charge is -2.12. The van der Waals surface area contributed by atoms with Crippen LogP contribution in [0.2, 0.25) is 0 Å². The molecule has 0 saturated heterocycles. The van der Waals surface area contributed by atoms with Gasteiger partial charge in [-0.3, -0.25) is 9.59 Å². The van der Waals surface area contributed by atoms with Gasteiger partial charge in [-0.1, -0.05) is 0 Å². The van der Waals surface area contributed by atoms with E-state index in [2.05, 4.69) is 5.32 Å². The fourth-order valence-corrected chi connectivity index (χ4v) is 2.16. The number of aryl methyl sites for hydroxylation is 1. The second-order valence-corrected chi connectivity index (χ2v) is 3.98. The standard InChI is InChI=1S/C12H13NO3/c1-7(15)13-11-10-4-2-3-8(10)5-9(6-14)12(11)16/h5-6,16H,2-4H2,1H3,(H,13,15). The van der Waals surface area contributed by atoms with Crippen molar-refractivity contribution in [3.63, 3.8) is 0 Å². The van der Waals surface area contributed by atoms with Gasteiger partial charge in [0.05, 0.1) is 11.3 Å². The minimum Gasteiger partial charge on any atom is -0.505 e. The number of hydrogen-bond acceptors (Lipinski definition) is 3. The Balaban J connectivity index is 2.59. The average Bonchev–Trinajstić information content (AvgIpc) is 2.69. The van der Waals surface area contributed by atoms with Crippen LogP contribution in [0, 0.1) is 0 Å². The number of amides is 1. The highest BCUT2D eigenvalue weighted by molar-refractivity contribution is 5.95. The van der Waals surface area contributed by atoms with Crippen molar-refractivity contribution < 1.29 is 14.7 Å². The Morgan fingerprint density at radius 1 is 1.50 bits per heavy atom. The first-order chi connectivity index (χ1) is 7.63. The molecule has 1 amide bonds. The van der Waals surface area contributed by atoms with Crippen LogP contribution in [0.25, 0.3) is 0 Å². The molecule has 0 heterocycles. The number of aldehydes is 1. The summed E-state index contributed by atoms with van der Waals surface area (Å²) in [7, 11) is 0. The Morgan fingerprint density at radius 2 is 2.25 bits per heavy atom. The van der Waals surface area contributed by atoms with Gasteiger partial charge in [0.1, 0.15) is 5.75 Å². The molecule has 0 fully saturated rings. The lowest BCUT2D eigenvalue weighted by Crippen LogP contribution is -2.09. The largest absolute Gasteiger partial charge is 0.505 e. The van der Waals surface area contributed by atoms with Gasteiger partial charge in [0.15, 0.2) is 6.29 Å². The van der Waals surface area contributed by atoms with Crippen LogP contribution in [0.3, 0.4) is 0 Å².